The third kappa shape index (κ3) is 4.82. The van der Waals surface area contributed by atoms with Crippen LogP contribution >= 0.6 is 11.6 Å². The van der Waals surface area contributed by atoms with Crippen molar-refractivity contribution in [2.75, 3.05) is 42.9 Å². The maximum absolute atomic E-state index is 12.2. The van der Waals surface area contributed by atoms with Gasteiger partial charge in [-0.15, -0.1) is 0 Å². The van der Waals surface area contributed by atoms with Crippen molar-refractivity contribution >= 4 is 35.2 Å². The summed E-state index contributed by atoms with van der Waals surface area (Å²) in [4.78, 5) is 36.3. The third-order valence-electron chi connectivity index (χ3n) is 3.93. The Labute approximate surface area is 156 Å². The average molecular weight is 375 g/mol. The molecule has 0 spiro atoms. The molecule has 1 saturated heterocycles. The van der Waals surface area contributed by atoms with Gasteiger partial charge in [0.25, 0.3) is 0 Å². The summed E-state index contributed by atoms with van der Waals surface area (Å²) in [7, 11) is 0. The Balaban J connectivity index is 1.41. The van der Waals surface area contributed by atoms with E-state index in [-0.39, 0.29) is 18.5 Å². The van der Waals surface area contributed by atoms with Gasteiger partial charge in [0.2, 0.25) is 11.9 Å². The fourth-order valence-corrected chi connectivity index (χ4v) is 2.70. The number of aromatic nitrogens is 2. The number of nitrogens with one attached hydrogen (secondary N) is 2. The number of halogens is 1. The van der Waals surface area contributed by atoms with Crippen molar-refractivity contribution in [2.24, 2.45) is 0 Å². The van der Waals surface area contributed by atoms with Crippen LogP contribution in [-0.4, -0.2) is 59.5 Å². The Bertz CT molecular complexity index is 748. The van der Waals surface area contributed by atoms with Gasteiger partial charge < -0.3 is 20.4 Å². The molecule has 1 fully saturated rings. The second kappa shape index (κ2) is 8.48. The molecular weight excluding hydrogens is 356 g/mol. The third-order valence-corrected chi connectivity index (χ3v) is 4.18. The van der Waals surface area contributed by atoms with Crippen molar-refractivity contribution in [3.05, 3.63) is 47.7 Å². The van der Waals surface area contributed by atoms with Gasteiger partial charge in [-0.2, -0.15) is 0 Å². The molecule has 0 bridgehead atoms. The van der Waals surface area contributed by atoms with Crippen molar-refractivity contribution in [1.29, 1.82) is 0 Å². The molecular formula is C17H19ClN6O2. The summed E-state index contributed by atoms with van der Waals surface area (Å²) in [5, 5.41) is 5.93. The van der Waals surface area contributed by atoms with Crippen LogP contribution in [-0.2, 0) is 4.79 Å². The summed E-state index contributed by atoms with van der Waals surface area (Å²) in [6.07, 6.45) is 3.39. The van der Waals surface area contributed by atoms with Crippen LogP contribution in [0.1, 0.15) is 0 Å². The molecule has 8 nitrogen and oxygen atoms in total. The number of carbonyl (C=O) groups excluding carboxylic acids is 2. The van der Waals surface area contributed by atoms with Crippen LogP contribution < -0.4 is 15.5 Å². The molecule has 0 radical (unpaired) electrons. The first-order valence-electron chi connectivity index (χ1n) is 8.22. The normalized spacial score (nSPS) is 14.0. The van der Waals surface area contributed by atoms with E-state index in [4.69, 9.17) is 11.6 Å². The van der Waals surface area contributed by atoms with Gasteiger partial charge in [0, 0.05) is 49.3 Å². The molecule has 3 amide bonds. The molecule has 0 atom stereocenters. The number of hydrogen-bond donors (Lipinski definition) is 2. The zero-order chi connectivity index (χ0) is 18.4. The van der Waals surface area contributed by atoms with E-state index in [0.717, 1.165) is 0 Å². The predicted octanol–water partition coefficient (Wildman–Crippen LogP) is 1.60. The Morgan fingerprint density at radius 3 is 2.35 bits per heavy atom. The molecule has 2 heterocycles. The second-order valence-electron chi connectivity index (χ2n) is 5.74. The molecule has 136 valence electrons. The zero-order valence-corrected chi connectivity index (χ0v) is 14.8. The molecule has 0 unspecified atom stereocenters. The molecule has 1 aromatic heterocycles. The molecule has 2 aromatic rings. The number of piperazine rings is 1. The SMILES string of the molecule is O=C(CNC(=O)N1CCN(c2ncccn2)CC1)Nc1ccc(Cl)cc1. The van der Waals surface area contributed by atoms with Crippen molar-refractivity contribution in [3.63, 3.8) is 0 Å². The van der Waals surface area contributed by atoms with Crippen LogP contribution in [0.2, 0.25) is 5.02 Å². The maximum atomic E-state index is 12.2. The van der Waals surface area contributed by atoms with Gasteiger partial charge in [-0.25, -0.2) is 14.8 Å². The number of anilines is 2. The smallest absolute Gasteiger partial charge is 0.317 e. The van der Waals surface area contributed by atoms with E-state index >= 15 is 0 Å². The first-order chi connectivity index (χ1) is 12.6. The second-order valence-corrected chi connectivity index (χ2v) is 6.17. The first-order valence-corrected chi connectivity index (χ1v) is 8.60. The van der Waals surface area contributed by atoms with Crippen LogP contribution in [0.4, 0.5) is 16.4 Å². The van der Waals surface area contributed by atoms with Gasteiger partial charge in [-0.05, 0) is 30.3 Å². The molecule has 0 saturated carbocycles. The van der Waals surface area contributed by atoms with Crippen molar-refractivity contribution in [2.45, 2.75) is 0 Å². The number of urea groups is 1. The fraction of sp³-hybridized carbons (Fsp3) is 0.294. The minimum Gasteiger partial charge on any atom is -0.337 e. The highest BCUT2D eigenvalue weighted by molar-refractivity contribution is 6.30. The van der Waals surface area contributed by atoms with Gasteiger partial charge >= 0.3 is 6.03 Å². The van der Waals surface area contributed by atoms with Gasteiger partial charge in [0.1, 0.15) is 0 Å². The number of carbonyl (C=O) groups is 2. The van der Waals surface area contributed by atoms with Gasteiger partial charge in [0.05, 0.1) is 6.54 Å². The average Bonchev–Trinajstić information content (AvgIpc) is 2.69. The minimum absolute atomic E-state index is 0.0938. The summed E-state index contributed by atoms with van der Waals surface area (Å²) in [5.41, 5.74) is 0.630. The minimum atomic E-state index is -0.294. The van der Waals surface area contributed by atoms with E-state index in [1.54, 1.807) is 47.6 Å². The van der Waals surface area contributed by atoms with Crippen LogP contribution in [0.5, 0.6) is 0 Å². The summed E-state index contributed by atoms with van der Waals surface area (Å²) in [6, 6.07) is 8.28. The molecule has 9 heteroatoms. The lowest BCUT2D eigenvalue weighted by atomic mass is 10.3. The lowest BCUT2D eigenvalue weighted by Crippen LogP contribution is -2.53. The monoisotopic (exact) mass is 374 g/mol. The topological polar surface area (TPSA) is 90.5 Å². The van der Waals surface area contributed by atoms with Gasteiger partial charge in [0.15, 0.2) is 0 Å². The molecule has 26 heavy (non-hydrogen) atoms. The fourth-order valence-electron chi connectivity index (χ4n) is 2.57. The highest BCUT2D eigenvalue weighted by Crippen LogP contribution is 2.13. The Morgan fingerprint density at radius 1 is 1.04 bits per heavy atom. The largest absolute Gasteiger partial charge is 0.337 e. The highest BCUT2D eigenvalue weighted by atomic mass is 35.5. The van der Waals surface area contributed by atoms with Crippen molar-refractivity contribution < 1.29 is 9.59 Å². The van der Waals surface area contributed by atoms with Gasteiger partial charge in [-0.1, -0.05) is 11.6 Å². The van der Waals surface area contributed by atoms with Crippen LogP contribution in [0.3, 0.4) is 0 Å². The number of rotatable bonds is 4. The quantitative estimate of drug-likeness (QED) is 0.848. The molecule has 1 aromatic carbocycles. The van der Waals surface area contributed by atoms with Crippen molar-refractivity contribution in [3.8, 4) is 0 Å². The van der Waals surface area contributed by atoms with Crippen LogP contribution in [0.15, 0.2) is 42.7 Å². The summed E-state index contributed by atoms with van der Waals surface area (Å²) in [6.45, 7) is 2.29. The van der Waals surface area contributed by atoms with E-state index in [9.17, 15) is 9.59 Å². The first kappa shape index (κ1) is 17.9. The maximum Gasteiger partial charge on any atom is 0.317 e. The summed E-state index contributed by atoms with van der Waals surface area (Å²) >= 11 is 5.80. The van der Waals surface area contributed by atoms with Crippen molar-refractivity contribution in [1.82, 2.24) is 20.2 Å². The van der Waals surface area contributed by atoms with Crippen LogP contribution in [0, 0.1) is 0 Å². The summed E-state index contributed by atoms with van der Waals surface area (Å²) in [5.74, 6) is 0.367. The number of hydrogen-bond acceptors (Lipinski definition) is 5. The van der Waals surface area contributed by atoms with E-state index in [2.05, 4.69) is 20.6 Å². The zero-order valence-electron chi connectivity index (χ0n) is 14.1. The Kier molecular flexibility index (Phi) is 5.85. The highest BCUT2D eigenvalue weighted by Gasteiger charge is 2.22. The number of nitrogens with zero attached hydrogens (tertiary/aromatic N) is 4. The predicted molar refractivity (Wildman–Crippen MR) is 99.3 cm³/mol. The Hall–Kier alpha value is -2.87. The Morgan fingerprint density at radius 2 is 1.69 bits per heavy atom. The molecule has 1 aliphatic heterocycles. The standard InChI is InChI=1S/C17H19ClN6O2/c18-13-2-4-14(5-3-13)22-15(25)12-21-17(26)24-10-8-23(9-11-24)16-19-6-1-7-20-16/h1-7H,8-12H2,(H,21,26)(H,22,25). The van der Waals surface area contributed by atoms with E-state index in [1.165, 1.54) is 0 Å². The van der Waals surface area contributed by atoms with Gasteiger partial charge in [-0.3, -0.25) is 4.79 Å². The van der Waals surface area contributed by atoms with E-state index < -0.39 is 0 Å². The molecule has 3 rings (SSSR count). The lowest BCUT2D eigenvalue weighted by molar-refractivity contribution is -0.115. The number of amides is 3. The molecule has 1 aliphatic rings. The van der Waals surface area contributed by atoms with Crippen LogP contribution in [0.25, 0.3) is 0 Å². The van der Waals surface area contributed by atoms with E-state index in [1.807, 2.05) is 4.90 Å². The molecule has 0 aliphatic carbocycles. The summed E-state index contributed by atoms with van der Waals surface area (Å²) < 4.78 is 0. The number of benzene rings is 1. The molecule has 2 N–H and O–H groups in total. The lowest BCUT2D eigenvalue weighted by Gasteiger charge is -2.34. The van der Waals surface area contributed by atoms with E-state index in [0.29, 0.717) is 42.8 Å².